The first-order valence-corrected chi connectivity index (χ1v) is 7.70. The molecule has 0 saturated carbocycles. The van der Waals surface area contributed by atoms with Crippen LogP contribution in [0.15, 0.2) is 39.9 Å². The molecule has 1 aromatic heterocycles. The summed E-state index contributed by atoms with van der Waals surface area (Å²) in [6.45, 7) is 4.03. The molecule has 0 spiro atoms. The van der Waals surface area contributed by atoms with Gasteiger partial charge in [0.25, 0.3) is 17.8 Å². The van der Waals surface area contributed by atoms with Crippen molar-refractivity contribution in [2.24, 2.45) is 4.99 Å². The SMILES string of the molecule is Cc1ccc(CN2C(=O)C3C(=Nc4oc(C)c[n+]43)N(C)C2=O)cc1. The fourth-order valence-electron chi connectivity index (χ4n) is 3.05. The summed E-state index contributed by atoms with van der Waals surface area (Å²) < 4.78 is 7.16. The normalized spacial score (nSPS) is 19.5. The average Bonchev–Trinajstić information content (AvgIpc) is 3.07. The van der Waals surface area contributed by atoms with E-state index in [1.807, 2.05) is 31.2 Å². The fourth-order valence-corrected chi connectivity index (χ4v) is 3.05. The van der Waals surface area contributed by atoms with Crippen molar-refractivity contribution in [2.75, 3.05) is 7.05 Å². The number of oxazole rings is 1. The topological polar surface area (TPSA) is 70.0 Å². The zero-order valence-corrected chi connectivity index (χ0v) is 13.7. The van der Waals surface area contributed by atoms with Gasteiger partial charge in [-0.15, -0.1) is 0 Å². The molecule has 3 amide bonds. The second-order valence-corrected chi connectivity index (χ2v) is 6.16. The molecule has 1 saturated heterocycles. The van der Waals surface area contributed by atoms with Crippen LogP contribution in [-0.4, -0.2) is 34.6 Å². The molecule has 1 atom stereocenters. The molecule has 2 aromatic rings. The number of aryl methyl sites for hydroxylation is 2. The van der Waals surface area contributed by atoms with E-state index in [1.165, 1.54) is 9.80 Å². The third kappa shape index (κ3) is 2.05. The smallest absolute Gasteiger partial charge is 0.390 e. The van der Waals surface area contributed by atoms with Crippen LogP contribution in [0.4, 0.5) is 10.8 Å². The molecule has 2 aliphatic heterocycles. The van der Waals surface area contributed by atoms with Gasteiger partial charge in [0.1, 0.15) is 12.0 Å². The number of urea groups is 1. The first kappa shape index (κ1) is 14.6. The van der Waals surface area contributed by atoms with Crippen molar-refractivity contribution in [1.82, 2.24) is 9.80 Å². The molecule has 0 aliphatic carbocycles. The molecular weight excluding hydrogens is 308 g/mol. The van der Waals surface area contributed by atoms with E-state index in [4.69, 9.17) is 4.42 Å². The molecule has 0 radical (unpaired) electrons. The average molecular weight is 325 g/mol. The van der Waals surface area contributed by atoms with Crippen LogP contribution in [0.2, 0.25) is 0 Å². The van der Waals surface area contributed by atoms with Gasteiger partial charge >= 0.3 is 12.0 Å². The first-order chi connectivity index (χ1) is 11.5. The van der Waals surface area contributed by atoms with E-state index in [1.54, 1.807) is 24.7 Å². The summed E-state index contributed by atoms with van der Waals surface area (Å²) in [5, 5.41) is 0. The van der Waals surface area contributed by atoms with Gasteiger partial charge in [0, 0.05) is 12.0 Å². The van der Waals surface area contributed by atoms with Gasteiger partial charge in [-0.05, 0) is 19.4 Å². The zero-order valence-electron chi connectivity index (χ0n) is 13.7. The fraction of sp³-hybridized carbons (Fsp3) is 0.294. The Balaban J connectivity index is 1.70. The third-order valence-corrected chi connectivity index (χ3v) is 4.35. The minimum absolute atomic E-state index is 0.235. The van der Waals surface area contributed by atoms with Gasteiger partial charge in [-0.25, -0.2) is 4.79 Å². The van der Waals surface area contributed by atoms with Gasteiger partial charge in [0.15, 0.2) is 0 Å². The van der Waals surface area contributed by atoms with Gasteiger partial charge in [-0.3, -0.25) is 14.6 Å². The van der Waals surface area contributed by atoms with Crippen LogP contribution in [0.5, 0.6) is 0 Å². The minimum Gasteiger partial charge on any atom is -0.390 e. The molecule has 7 nitrogen and oxygen atoms in total. The molecule has 7 heteroatoms. The molecule has 122 valence electrons. The van der Waals surface area contributed by atoms with E-state index in [0.717, 1.165) is 11.1 Å². The van der Waals surface area contributed by atoms with Crippen LogP contribution in [0.1, 0.15) is 22.9 Å². The second-order valence-electron chi connectivity index (χ2n) is 6.16. The summed E-state index contributed by atoms with van der Waals surface area (Å²) in [5.41, 5.74) is 2.04. The lowest BCUT2D eigenvalue weighted by Crippen LogP contribution is -2.62. The van der Waals surface area contributed by atoms with Crippen molar-refractivity contribution in [3.63, 3.8) is 0 Å². The van der Waals surface area contributed by atoms with E-state index in [9.17, 15) is 9.59 Å². The highest BCUT2D eigenvalue weighted by Gasteiger charge is 2.54. The van der Waals surface area contributed by atoms with Crippen LogP contribution in [-0.2, 0) is 11.3 Å². The molecule has 0 N–H and O–H groups in total. The second kappa shape index (κ2) is 5.02. The number of aromatic nitrogens is 1. The Hall–Kier alpha value is -2.96. The van der Waals surface area contributed by atoms with Gasteiger partial charge in [0.05, 0.1) is 6.54 Å². The van der Waals surface area contributed by atoms with Gasteiger partial charge < -0.3 is 4.42 Å². The van der Waals surface area contributed by atoms with E-state index in [2.05, 4.69) is 4.99 Å². The molecule has 1 fully saturated rings. The lowest BCUT2D eigenvalue weighted by molar-refractivity contribution is -0.679. The van der Waals surface area contributed by atoms with Crippen molar-refractivity contribution < 1.29 is 18.6 Å². The summed E-state index contributed by atoms with van der Waals surface area (Å²) in [6.07, 6.45) is 1.74. The number of aliphatic imine (C=N–C) groups is 1. The van der Waals surface area contributed by atoms with Gasteiger partial charge in [0.2, 0.25) is 0 Å². The summed E-state index contributed by atoms with van der Waals surface area (Å²) >= 11 is 0. The zero-order chi connectivity index (χ0) is 17.0. The maximum absolute atomic E-state index is 12.9. The van der Waals surface area contributed by atoms with Gasteiger partial charge in [-0.1, -0.05) is 29.8 Å². The van der Waals surface area contributed by atoms with Gasteiger partial charge in [-0.2, -0.15) is 4.57 Å². The summed E-state index contributed by atoms with van der Waals surface area (Å²) in [4.78, 5) is 32.5. The number of carbonyl (C=O) groups is 2. The van der Waals surface area contributed by atoms with Crippen molar-refractivity contribution in [3.05, 3.63) is 47.3 Å². The molecule has 4 rings (SSSR count). The number of hydrogen-bond donors (Lipinski definition) is 0. The van der Waals surface area contributed by atoms with E-state index in [-0.39, 0.29) is 18.5 Å². The number of benzene rings is 1. The van der Waals surface area contributed by atoms with E-state index in [0.29, 0.717) is 17.6 Å². The Bertz CT molecular complexity index is 882. The minimum atomic E-state index is -0.648. The number of nitrogens with zero attached hydrogens (tertiary/aromatic N) is 4. The Morgan fingerprint density at radius 2 is 1.92 bits per heavy atom. The monoisotopic (exact) mass is 325 g/mol. The first-order valence-electron chi connectivity index (χ1n) is 7.70. The number of likely N-dealkylation sites (N-methyl/N-ethyl adjacent to an activating group) is 1. The number of amides is 3. The quantitative estimate of drug-likeness (QED) is 0.791. The van der Waals surface area contributed by atoms with Crippen LogP contribution in [0.3, 0.4) is 0 Å². The Morgan fingerprint density at radius 1 is 1.21 bits per heavy atom. The predicted octanol–water partition coefficient (Wildman–Crippen LogP) is 1.86. The lowest BCUT2D eigenvalue weighted by Gasteiger charge is -2.32. The maximum atomic E-state index is 12.9. The van der Waals surface area contributed by atoms with Crippen LogP contribution in [0, 0.1) is 13.8 Å². The third-order valence-electron chi connectivity index (χ3n) is 4.35. The Labute approximate surface area is 138 Å². The molecule has 1 aromatic carbocycles. The van der Waals surface area contributed by atoms with Crippen molar-refractivity contribution >= 4 is 23.8 Å². The highest BCUT2D eigenvalue weighted by molar-refractivity contribution is 6.18. The molecule has 0 bridgehead atoms. The van der Waals surface area contributed by atoms with Crippen molar-refractivity contribution in [2.45, 2.75) is 26.4 Å². The predicted molar refractivity (Wildman–Crippen MR) is 84.7 cm³/mol. The Morgan fingerprint density at radius 3 is 2.62 bits per heavy atom. The number of hydrogen-bond acceptors (Lipinski definition) is 4. The summed E-state index contributed by atoms with van der Waals surface area (Å²) in [7, 11) is 1.63. The highest BCUT2D eigenvalue weighted by atomic mass is 16.4. The van der Waals surface area contributed by atoms with Crippen molar-refractivity contribution in [3.8, 4) is 0 Å². The maximum Gasteiger partial charge on any atom is 0.506 e. The Kier molecular flexibility index (Phi) is 3.06. The van der Waals surface area contributed by atoms with Crippen molar-refractivity contribution in [1.29, 1.82) is 0 Å². The molecule has 3 heterocycles. The molecule has 1 unspecified atom stereocenters. The van der Waals surface area contributed by atoms with E-state index >= 15 is 0 Å². The number of carbonyl (C=O) groups excluding carboxylic acids is 2. The molecule has 2 aliphatic rings. The standard InChI is InChI=1S/C17H17N4O3/c1-10-4-6-12(7-5-10)9-21-15(22)13-14(19(3)17(21)23)18-16-20(13)8-11(2)24-16/h4-8,13H,9H2,1-3H3/q+1. The summed E-state index contributed by atoms with van der Waals surface area (Å²) in [6, 6.07) is 7.10. The van der Waals surface area contributed by atoms with Crippen LogP contribution >= 0.6 is 0 Å². The summed E-state index contributed by atoms with van der Waals surface area (Å²) in [5.74, 6) is 0.788. The number of rotatable bonds is 2. The lowest BCUT2D eigenvalue weighted by atomic mass is 10.1. The van der Waals surface area contributed by atoms with E-state index < -0.39 is 6.04 Å². The highest BCUT2D eigenvalue weighted by Crippen LogP contribution is 2.29. The van der Waals surface area contributed by atoms with Crippen LogP contribution in [0.25, 0.3) is 0 Å². The molecule has 24 heavy (non-hydrogen) atoms. The number of imide groups is 1. The number of fused-ring (bicyclic) bond motifs is 3. The molecular formula is C17H17N4O3+. The largest absolute Gasteiger partial charge is 0.506 e. The number of amidine groups is 1. The van der Waals surface area contributed by atoms with Crippen LogP contribution < -0.4 is 4.57 Å².